The molecule has 5 rings (SSSR count). The zero-order valence-corrected chi connectivity index (χ0v) is 18.4. The number of benzene rings is 1. The minimum absolute atomic E-state index is 0.0731. The number of nitrogens with one attached hydrogen (secondary N) is 2. The number of aryl methyl sites for hydroxylation is 2. The molecule has 0 saturated carbocycles. The van der Waals surface area contributed by atoms with Gasteiger partial charge in [-0.25, -0.2) is 19.3 Å². The van der Waals surface area contributed by atoms with Crippen molar-refractivity contribution in [2.45, 2.75) is 38.6 Å². The van der Waals surface area contributed by atoms with Gasteiger partial charge in [-0.3, -0.25) is 4.79 Å². The average Bonchev–Trinajstić information content (AvgIpc) is 3.25. The summed E-state index contributed by atoms with van der Waals surface area (Å²) in [6, 6.07) is 11.9. The van der Waals surface area contributed by atoms with Gasteiger partial charge >= 0.3 is 0 Å². The minimum Gasteiger partial charge on any atom is -0.362 e. The topological polar surface area (TPSA) is 83.6 Å². The van der Waals surface area contributed by atoms with Crippen molar-refractivity contribution >= 4 is 17.2 Å². The molecule has 6 nitrogen and oxygen atoms in total. The first-order chi connectivity index (χ1) is 15.6. The molecule has 4 aromatic rings. The van der Waals surface area contributed by atoms with Gasteiger partial charge in [-0.1, -0.05) is 6.92 Å². The Kier molecular flexibility index (Phi) is 5.53. The molecule has 0 spiro atoms. The highest BCUT2D eigenvalue weighted by Gasteiger charge is 2.25. The Morgan fingerprint density at radius 3 is 2.72 bits per heavy atom. The number of fused-ring (bicyclic) bond motifs is 1. The van der Waals surface area contributed by atoms with Crippen molar-refractivity contribution in [1.82, 2.24) is 19.9 Å². The molecule has 1 atom stereocenters. The summed E-state index contributed by atoms with van der Waals surface area (Å²) in [6.07, 6.45) is 5.46. The lowest BCUT2D eigenvalue weighted by atomic mass is 9.97. The van der Waals surface area contributed by atoms with E-state index in [9.17, 15) is 9.18 Å². The van der Waals surface area contributed by atoms with Crippen LogP contribution in [0.4, 0.5) is 10.2 Å². The smallest absolute Gasteiger partial charge is 0.251 e. The standard InChI is InChI=1S/C24H22FN5OS/c1-2-17-12-21(31)29-23(27-17)15-8-11-20(26-13-15)28-18-4-3-5-19-22(18)30-24(32-19)14-6-9-16(25)10-7-14/h6-13,18H,2-5H2,1H3,(H,26,28)(H,27,29,31). The Morgan fingerprint density at radius 1 is 1.16 bits per heavy atom. The second-order valence-electron chi connectivity index (χ2n) is 7.79. The molecule has 1 aliphatic rings. The van der Waals surface area contributed by atoms with Crippen molar-refractivity contribution in [2.75, 3.05) is 5.32 Å². The van der Waals surface area contributed by atoms with Crippen LogP contribution in [0.2, 0.25) is 0 Å². The second kappa shape index (κ2) is 8.63. The molecule has 32 heavy (non-hydrogen) atoms. The molecule has 0 fully saturated rings. The van der Waals surface area contributed by atoms with Crippen LogP contribution in [0.3, 0.4) is 0 Å². The molecule has 1 aliphatic carbocycles. The van der Waals surface area contributed by atoms with Gasteiger partial charge < -0.3 is 10.3 Å². The summed E-state index contributed by atoms with van der Waals surface area (Å²) in [5, 5.41) is 4.42. The van der Waals surface area contributed by atoms with Gasteiger partial charge in [0.05, 0.1) is 11.7 Å². The number of aromatic nitrogens is 4. The minimum atomic E-state index is -0.246. The Hall–Kier alpha value is -3.39. The highest BCUT2D eigenvalue weighted by molar-refractivity contribution is 7.15. The van der Waals surface area contributed by atoms with E-state index >= 15 is 0 Å². The first-order valence-corrected chi connectivity index (χ1v) is 11.5. The van der Waals surface area contributed by atoms with Gasteiger partial charge in [0.25, 0.3) is 5.56 Å². The van der Waals surface area contributed by atoms with Gasteiger partial charge in [-0.2, -0.15) is 0 Å². The van der Waals surface area contributed by atoms with Gasteiger partial charge in [-0.15, -0.1) is 11.3 Å². The van der Waals surface area contributed by atoms with E-state index in [-0.39, 0.29) is 17.4 Å². The molecule has 0 amide bonds. The molecule has 0 aliphatic heterocycles. The van der Waals surface area contributed by atoms with Gasteiger partial charge in [0, 0.05) is 34.0 Å². The van der Waals surface area contributed by atoms with Crippen LogP contribution in [0.1, 0.15) is 42.1 Å². The van der Waals surface area contributed by atoms with Crippen molar-refractivity contribution < 1.29 is 4.39 Å². The van der Waals surface area contributed by atoms with E-state index in [1.165, 1.54) is 23.1 Å². The molecule has 0 radical (unpaired) electrons. The van der Waals surface area contributed by atoms with Crippen molar-refractivity contribution in [3.63, 3.8) is 0 Å². The summed E-state index contributed by atoms with van der Waals surface area (Å²) in [5.74, 6) is 1.03. The first-order valence-electron chi connectivity index (χ1n) is 10.7. The molecule has 2 N–H and O–H groups in total. The summed E-state index contributed by atoms with van der Waals surface area (Å²) >= 11 is 1.68. The van der Waals surface area contributed by atoms with E-state index in [1.54, 1.807) is 29.7 Å². The van der Waals surface area contributed by atoms with E-state index < -0.39 is 0 Å². The van der Waals surface area contributed by atoms with Crippen LogP contribution in [0.5, 0.6) is 0 Å². The lowest BCUT2D eigenvalue weighted by Gasteiger charge is -2.22. The number of aromatic amines is 1. The molecular formula is C24H22FN5OS. The Morgan fingerprint density at radius 2 is 1.97 bits per heavy atom. The van der Waals surface area contributed by atoms with Crippen LogP contribution in [0.15, 0.2) is 53.5 Å². The second-order valence-corrected chi connectivity index (χ2v) is 8.88. The normalized spacial score (nSPS) is 15.4. The molecule has 3 aromatic heterocycles. The number of hydrogen-bond acceptors (Lipinski definition) is 6. The lowest BCUT2D eigenvalue weighted by molar-refractivity contribution is 0.592. The van der Waals surface area contributed by atoms with Crippen molar-refractivity contribution in [3.05, 3.63) is 81.1 Å². The Bertz CT molecular complexity index is 1300. The maximum Gasteiger partial charge on any atom is 0.251 e. The summed E-state index contributed by atoms with van der Waals surface area (Å²) in [6.45, 7) is 1.97. The van der Waals surface area contributed by atoms with Gasteiger partial charge in [-0.05, 0) is 62.1 Å². The van der Waals surface area contributed by atoms with Crippen LogP contribution in [0, 0.1) is 5.82 Å². The van der Waals surface area contributed by atoms with E-state index in [2.05, 4.69) is 20.3 Å². The lowest BCUT2D eigenvalue weighted by Crippen LogP contribution is -2.17. The van der Waals surface area contributed by atoms with Crippen LogP contribution in [-0.4, -0.2) is 19.9 Å². The molecule has 1 aromatic carbocycles. The fourth-order valence-electron chi connectivity index (χ4n) is 3.90. The van der Waals surface area contributed by atoms with Gasteiger partial charge in [0.15, 0.2) is 0 Å². The van der Waals surface area contributed by atoms with Crippen LogP contribution in [0.25, 0.3) is 22.0 Å². The fourth-order valence-corrected chi connectivity index (χ4v) is 5.07. The number of rotatable bonds is 5. The number of pyridine rings is 1. The maximum atomic E-state index is 13.3. The molecule has 1 unspecified atom stereocenters. The monoisotopic (exact) mass is 447 g/mol. The third-order valence-corrected chi connectivity index (χ3v) is 6.74. The van der Waals surface area contributed by atoms with Gasteiger partial charge in [0.2, 0.25) is 0 Å². The van der Waals surface area contributed by atoms with E-state index in [0.29, 0.717) is 12.2 Å². The third-order valence-electron chi connectivity index (χ3n) is 5.56. The molecule has 3 heterocycles. The highest BCUT2D eigenvalue weighted by Crippen LogP contribution is 2.38. The highest BCUT2D eigenvalue weighted by atomic mass is 32.1. The van der Waals surface area contributed by atoms with Crippen molar-refractivity contribution in [2.24, 2.45) is 0 Å². The van der Waals surface area contributed by atoms with Gasteiger partial charge in [0.1, 0.15) is 22.5 Å². The third kappa shape index (κ3) is 4.18. The summed E-state index contributed by atoms with van der Waals surface area (Å²) < 4.78 is 13.3. The summed E-state index contributed by atoms with van der Waals surface area (Å²) in [7, 11) is 0. The molecule has 0 saturated heterocycles. The zero-order valence-electron chi connectivity index (χ0n) is 17.6. The van der Waals surface area contributed by atoms with Crippen LogP contribution >= 0.6 is 11.3 Å². The molecule has 162 valence electrons. The number of hydrogen-bond donors (Lipinski definition) is 2. The quantitative estimate of drug-likeness (QED) is 0.442. The first kappa shape index (κ1) is 20.5. The number of nitrogens with zero attached hydrogens (tertiary/aromatic N) is 3. The number of thiazole rings is 1. The van der Waals surface area contributed by atoms with E-state index in [4.69, 9.17) is 4.98 Å². The predicted molar refractivity (Wildman–Crippen MR) is 124 cm³/mol. The fraction of sp³-hybridized carbons (Fsp3) is 0.250. The molecular weight excluding hydrogens is 425 g/mol. The number of halogens is 1. The molecule has 8 heteroatoms. The van der Waals surface area contributed by atoms with Crippen molar-refractivity contribution in [3.8, 4) is 22.0 Å². The van der Waals surface area contributed by atoms with Crippen molar-refractivity contribution in [1.29, 1.82) is 0 Å². The Labute approximate surface area is 188 Å². The zero-order chi connectivity index (χ0) is 22.1. The maximum absolute atomic E-state index is 13.3. The predicted octanol–water partition coefficient (Wildman–Crippen LogP) is 5.15. The summed E-state index contributed by atoms with van der Waals surface area (Å²) in [4.78, 5) is 29.8. The molecule has 0 bridgehead atoms. The van der Waals surface area contributed by atoms with E-state index in [0.717, 1.165) is 52.6 Å². The SMILES string of the molecule is CCc1cc(=O)[nH]c(-c2ccc(NC3CCCc4sc(-c5ccc(F)cc5)nc43)nc2)n1. The summed E-state index contributed by atoms with van der Waals surface area (Å²) in [5.41, 5.74) is 3.33. The van der Waals surface area contributed by atoms with Crippen LogP contribution in [-0.2, 0) is 12.8 Å². The number of H-pyrrole nitrogens is 1. The Balaban J connectivity index is 1.37. The largest absolute Gasteiger partial charge is 0.362 e. The van der Waals surface area contributed by atoms with E-state index in [1.807, 2.05) is 19.1 Å². The van der Waals surface area contributed by atoms with Crippen LogP contribution < -0.4 is 10.9 Å². The number of anilines is 1. The average molecular weight is 448 g/mol.